The molecule has 12 heavy (non-hydrogen) atoms. The third-order valence-corrected chi connectivity index (χ3v) is 1.41. The highest BCUT2D eigenvalue weighted by atomic mass is 16.1. The smallest absolute Gasteiger partial charge is 0.252 e. The van der Waals surface area contributed by atoms with Crippen molar-refractivity contribution in [3.05, 3.63) is 22.2 Å². The summed E-state index contributed by atoms with van der Waals surface area (Å²) in [7, 11) is 0. The number of aromatic nitrogens is 2. The van der Waals surface area contributed by atoms with Crippen LogP contribution in [0.1, 0.15) is 19.7 Å². The van der Waals surface area contributed by atoms with E-state index in [0.29, 0.717) is 11.7 Å². The molecule has 0 aromatic carbocycles. The van der Waals surface area contributed by atoms with Crippen LogP contribution in [0.15, 0.2) is 10.9 Å². The first-order valence-electron chi connectivity index (χ1n) is 3.93. The second-order valence-electron chi connectivity index (χ2n) is 3.21. The highest BCUT2D eigenvalue weighted by Gasteiger charge is 2.00. The van der Waals surface area contributed by atoms with Crippen LogP contribution in [0, 0.1) is 5.92 Å². The minimum Gasteiger partial charge on any atom is -0.383 e. The van der Waals surface area contributed by atoms with Gasteiger partial charge in [0.1, 0.15) is 11.6 Å². The van der Waals surface area contributed by atoms with Crippen molar-refractivity contribution in [2.24, 2.45) is 5.92 Å². The zero-order valence-corrected chi connectivity index (χ0v) is 7.29. The number of rotatable bonds is 2. The Morgan fingerprint density at radius 3 is 2.83 bits per heavy atom. The highest BCUT2D eigenvalue weighted by Crippen LogP contribution is 2.01. The Bertz CT molecular complexity index is 316. The molecule has 0 aliphatic rings. The molecular formula is C8H13N3O. The molecular weight excluding hydrogens is 154 g/mol. The molecule has 4 nitrogen and oxygen atoms in total. The molecule has 1 heterocycles. The van der Waals surface area contributed by atoms with Crippen molar-refractivity contribution >= 4 is 5.82 Å². The van der Waals surface area contributed by atoms with Crippen LogP contribution in [0.5, 0.6) is 0 Å². The molecule has 4 heteroatoms. The van der Waals surface area contributed by atoms with E-state index in [1.54, 1.807) is 0 Å². The second-order valence-corrected chi connectivity index (χ2v) is 3.21. The fraction of sp³-hybridized carbons (Fsp3) is 0.500. The van der Waals surface area contributed by atoms with Gasteiger partial charge in [-0.1, -0.05) is 13.8 Å². The number of nitrogens with one attached hydrogen (secondary N) is 1. The van der Waals surface area contributed by atoms with Gasteiger partial charge in [0.15, 0.2) is 0 Å². The molecule has 0 fully saturated rings. The number of nitrogens with zero attached hydrogens (tertiary/aromatic N) is 1. The van der Waals surface area contributed by atoms with Crippen molar-refractivity contribution in [1.82, 2.24) is 9.97 Å². The molecule has 0 spiro atoms. The Hall–Kier alpha value is -1.32. The molecule has 0 radical (unpaired) electrons. The summed E-state index contributed by atoms with van der Waals surface area (Å²) in [5.74, 6) is 1.42. The maximum atomic E-state index is 10.9. The van der Waals surface area contributed by atoms with Gasteiger partial charge >= 0.3 is 0 Å². The van der Waals surface area contributed by atoms with Crippen LogP contribution in [0.2, 0.25) is 0 Å². The molecule has 0 saturated heterocycles. The van der Waals surface area contributed by atoms with E-state index >= 15 is 0 Å². The van der Waals surface area contributed by atoms with E-state index in [4.69, 9.17) is 5.73 Å². The summed E-state index contributed by atoms with van der Waals surface area (Å²) < 4.78 is 0. The SMILES string of the molecule is CC(C)Cc1nc(N)cc(=O)[nH]1. The number of nitrogen functional groups attached to an aromatic ring is 1. The Balaban J connectivity index is 2.93. The van der Waals surface area contributed by atoms with Gasteiger partial charge < -0.3 is 10.7 Å². The molecule has 0 bridgehead atoms. The summed E-state index contributed by atoms with van der Waals surface area (Å²) in [6.45, 7) is 4.12. The van der Waals surface area contributed by atoms with E-state index < -0.39 is 0 Å². The molecule has 66 valence electrons. The van der Waals surface area contributed by atoms with Crippen molar-refractivity contribution in [1.29, 1.82) is 0 Å². The maximum absolute atomic E-state index is 10.9. The summed E-state index contributed by atoms with van der Waals surface area (Å²) >= 11 is 0. The predicted molar refractivity (Wildman–Crippen MR) is 47.8 cm³/mol. The van der Waals surface area contributed by atoms with E-state index in [1.165, 1.54) is 6.07 Å². The third-order valence-electron chi connectivity index (χ3n) is 1.41. The first-order chi connectivity index (χ1) is 5.58. The molecule has 0 unspecified atom stereocenters. The molecule has 0 aliphatic carbocycles. The predicted octanol–water partition coefficient (Wildman–Crippen LogP) is 0.551. The summed E-state index contributed by atoms with van der Waals surface area (Å²) in [6.07, 6.45) is 0.750. The molecule has 0 atom stereocenters. The summed E-state index contributed by atoms with van der Waals surface area (Å²) in [6, 6.07) is 1.28. The number of hydrogen-bond acceptors (Lipinski definition) is 3. The normalized spacial score (nSPS) is 10.6. The molecule has 0 amide bonds. The number of hydrogen-bond donors (Lipinski definition) is 2. The van der Waals surface area contributed by atoms with Gasteiger partial charge in [-0.3, -0.25) is 4.79 Å². The van der Waals surface area contributed by atoms with Crippen LogP contribution < -0.4 is 11.3 Å². The van der Waals surface area contributed by atoms with Crippen molar-refractivity contribution in [3.63, 3.8) is 0 Å². The molecule has 1 aromatic rings. The molecule has 1 aromatic heterocycles. The Kier molecular flexibility index (Phi) is 2.47. The minimum absolute atomic E-state index is 0.182. The van der Waals surface area contributed by atoms with Crippen molar-refractivity contribution in [2.75, 3.05) is 5.73 Å². The van der Waals surface area contributed by atoms with Gasteiger partial charge in [-0.05, 0) is 5.92 Å². The van der Waals surface area contributed by atoms with Crippen LogP contribution in [0.4, 0.5) is 5.82 Å². The Morgan fingerprint density at radius 1 is 1.67 bits per heavy atom. The Morgan fingerprint density at radius 2 is 2.33 bits per heavy atom. The lowest BCUT2D eigenvalue weighted by Gasteiger charge is -2.03. The quantitative estimate of drug-likeness (QED) is 0.675. The van der Waals surface area contributed by atoms with Gasteiger partial charge in [0.25, 0.3) is 5.56 Å². The fourth-order valence-electron chi connectivity index (χ4n) is 1.01. The van der Waals surface area contributed by atoms with Gasteiger partial charge in [0.2, 0.25) is 0 Å². The lowest BCUT2D eigenvalue weighted by atomic mass is 10.1. The standard InChI is InChI=1S/C8H13N3O/c1-5(2)3-7-10-6(9)4-8(12)11-7/h4-5H,3H2,1-2H3,(H3,9,10,11,12). The maximum Gasteiger partial charge on any atom is 0.252 e. The van der Waals surface area contributed by atoms with Crippen LogP contribution in [0.25, 0.3) is 0 Å². The first-order valence-corrected chi connectivity index (χ1v) is 3.93. The van der Waals surface area contributed by atoms with E-state index in [9.17, 15) is 4.79 Å². The third kappa shape index (κ3) is 2.38. The lowest BCUT2D eigenvalue weighted by molar-refractivity contribution is 0.619. The van der Waals surface area contributed by atoms with Crippen LogP contribution in [0.3, 0.4) is 0 Å². The molecule has 3 N–H and O–H groups in total. The monoisotopic (exact) mass is 167 g/mol. The highest BCUT2D eigenvalue weighted by molar-refractivity contribution is 5.25. The first kappa shape index (κ1) is 8.77. The molecule has 0 aliphatic heterocycles. The number of nitrogens with two attached hydrogens (primary N) is 1. The van der Waals surface area contributed by atoms with Gasteiger partial charge in [-0.2, -0.15) is 0 Å². The Labute approximate surface area is 70.8 Å². The van der Waals surface area contributed by atoms with Crippen molar-refractivity contribution < 1.29 is 0 Å². The van der Waals surface area contributed by atoms with Crippen molar-refractivity contribution in [3.8, 4) is 0 Å². The number of anilines is 1. The zero-order valence-electron chi connectivity index (χ0n) is 7.29. The average Bonchev–Trinajstić information content (AvgIpc) is 1.81. The topological polar surface area (TPSA) is 71.8 Å². The lowest BCUT2D eigenvalue weighted by Crippen LogP contribution is -2.13. The van der Waals surface area contributed by atoms with E-state index in [0.717, 1.165) is 6.42 Å². The minimum atomic E-state index is -0.182. The van der Waals surface area contributed by atoms with E-state index in [-0.39, 0.29) is 11.4 Å². The van der Waals surface area contributed by atoms with Crippen LogP contribution in [-0.4, -0.2) is 9.97 Å². The van der Waals surface area contributed by atoms with Crippen LogP contribution >= 0.6 is 0 Å². The summed E-state index contributed by atoms with van der Waals surface area (Å²) in [5, 5.41) is 0. The summed E-state index contributed by atoms with van der Waals surface area (Å²) in [5.41, 5.74) is 5.22. The van der Waals surface area contributed by atoms with Crippen molar-refractivity contribution in [2.45, 2.75) is 20.3 Å². The van der Waals surface area contributed by atoms with Gasteiger partial charge in [-0.15, -0.1) is 0 Å². The zero-order chi connectivity index (χ0) is 9.14. The van der Waals surface area contributed by atoms with E-state index in [2.05, 4.69) is 23.8 Å². The number of H-pyrrole nitrogens is 1. The largest absolute Gasteiger partial charge is 0.383 e. The van der Waals surface area contributed by atoms with E-state index in [1.807, 2.05) is 0 Å². The molecule has 0 saturated carbocycles. The molecule has 1 rings (SSSR count). The number of aromatic amines is 1. The van der Waals surface area contributed by atoms with Crippen LogP contribution in [-0.2, 0) is 6.42 Å². The van der Waals surface area contributed by atoms with Gasteiger partial charge in [0, 0.05) is 12.5 Å². The second kappa shape index (κ2) is 3.38. The average molecular weight is 167 g/mol. The van der Waals surface area contributed by atoms with Gasteiger partial charge in [-0.25, -0.2) is 4.98 Å². The van der Waals surface area contributed by atoms with Gasteiger partial charge in [0.05, 0.1) is 0 Å². The fourth-order valence-corrected chi connectivity index (χ4v) is 1.01. The summed E-state index contributed by atoms with van der Waals surface area (Å²) in [4.78, 5) is 17.5.